The van der Waals surface area contributed by atoms with Gasteiger partial charge in [-0.2, -0.15) is 0 Å². The standard InChI is InChI=1S/C23H25ClF3N5O/c1-13(2)28-23(33)31-8-7-16(11-31)29-22-17-9-14(24)3-5-19(17)32(12-21(26)27)20-6-4-15(25)10-18(20)30-22/h3-6,9-10,13,16,21H,7-8,11-12H2,1-2H3,(H,28,33)(H,29,30)/t16-/m1/s1. The van der Waals surface area contributed by atoms with Crippen LogP contribution in [0.4, 0.5) is 35.0 Å². The van der Waals surface area contributed by atoms with Crippen LogP contribution >= 0.6 is 11.6 Å². The second-order valence-corrected chi connectivity index (χ2v) is 8.86. The van der Waals surface area contributed by atoms with Gasteiger partial charge in [-0.1, -0.05) is 11.6 Å². The van der Waals surface area contributed by atoms with Gasteiger partial charge in [0.2, 0.25) is 0 Å². The lowest BCUT2D eigenvalue weighted by molar-refractivity contribution is 0.158. The van der Waals surface area contributed by atoms with E-state index < -0.39 is 18.8 Å². The Bertz CT molecular complexity index is 1080. The van der Waals surface area contributed by atoms with Gasteiger partial charge in [-0.05, 0) is 56.7 Å². The molecule has 0 radical (unpaired) electrons. The molecule has 176 valence electrons. The quantitative estimate of drug-likeness (QED) is 0.630. The number of amides is 2. The summed E-state index contributed by atoms with van der Waals surface area (Å²) in [7, 11) is 0. The predicted octanol–water partition coefficient (Wildman–Crippen LogP) is 5.25. The van der Waals surface area contributed by atoms with Crippen molar-refractivity contribution in [2.75, 3.05) is 29.9 Å². The summed E-state index contributed by atoms with van der Waals surface area (Å²) in [6.07, 6.45) is -1.98. The van der Waals surface area contributed by atoms with Crippen LogP contribution in [-0.2, 0) is 0 Å². The minimum atomic E-state index is -2.62. The normalized spacial score (nSPS) is 18.9. The molecule has 0 aliphatic carbocycles. The number of carbonyl (C=O) groups excluding carboxylic acids is 1. The molecule has 10 heteroatoms. The number of nitrogens with one attached hydrogen (secondary N) is 2. The van der Waals surface area contributed by atoms with Crippen molar-refractivity contribution in [2.24, 2.45) is 4.99 Å². The van der Waals surface area contributed by atoms with E-state index in [2.05, 4.69) is 10.6 Å². The maximum Gasteiger partial charge on any atom is 0.317 e. The average molecular weight is 480 g/mol. The van der Waals surface area contributed by atoms with E-state index in [0.717, 1.165) is 0 Å². The second-order valence-electron chi connectivity index (χ2n) is 8.42. The Morgan fingerprint density at radius 2 is 2.00 bits per heavy atom. The number of aliphatic imine (C=N–C) groups is 1. The van der Waals surface area contributed by atoms with E-state index in [1.807, 2.05) is 13.8 Å². The smallest absolute Gasteiger partial charge is 0.317 e. The highest BCUT2D eigenvalue weighted by atomic mass is 35.5. The maximum atomic E-state index is 14.1. The van der Waals surface area contributed by atoms with Gasteiger partial charge in [0, 0.05) is 29.7 Å². The number of rotatable bonds is 4. The molecular weight excluding hydrogens is 455 g/mol. The van der Waals surface area contributed by atoms with Gasteiger partial charge in [-0.25, -0.2) is 18.0 Å². The summed E-state index contributed by atoms with van der Waals surface area (Å²) in [5, 5.41) is 6.43. The van der Waals surface area contributed by atoms with Crippen molar-refractivity contribution in [3.05, 3.63) is 52.8 Å². The Morgan fingerprint density at radius 3 is 2.73 bits per heavy atom. The first-order chi connectivity index (χ1) is 15.7. The van der Waals surface area contributed by atoms with Gasteiger partial charge >= 0.3 is 6.03 Å². The summed E-state index contributed by atoms with van der Waals surface area (Å²) in [6, 6.07) is 8.55. The van der Waals surface area contributed by atoms with Crippen molar-refractivity contribution < 1.29 is 18.0 Å². The Kier molecular flexibility index (Phi) is 6.69. The molecule has 0 spiro atoms. The molecule has 1 fully saturated rings. The van der Waals surface area contributed by atoms with Crippen LogP contribution in [0, 0.1) is 5.82 Å². The number of fused-ring (bicyclic) bond motifs is 2. The van der Waals surface area contributed by atoms with Gasteiger partial charge in [-0.3, -0.25) is 4.99 Å². The minimum Gasteiger partial charge on any atom is -0.338 e. The molecule has 33 heavy (non-hydrogen) atoms. The van der Waals surface area contributed by atoms with E-state index in [1.54, 1.807) is 23.1 Å². The van der Waals surface area contributed by atoms with Crippen LogP contribution in [0.5, 0.6) is 0 Å². The lowest BCUT2D eigenvalue weighted by Gasteiger charge is -2.25. The Labute approximate surface area is 195 Å². The van der Waals surface area contributed by atoms with Gasteiger partial charge in [0.1, 0.15) is 11.7 Å². The molecule has 2 N–H and O–H groups in total. The molecule has 2 aromatic carbocycles. The van der Waals surface area contributed by atoms with E-state index in [-0.39, 0.29) is 18.1 Å². The number of carbonyl (C=O) groups is 1. The summed E-state index contributed by atoms with van der Waals surface area (Å²) < 4.78 is 41.1. The summed E-state index contributed by atoms with van der Waals surface area (Å²) >= 11 is 6.24. The largest absolute Gasteiger partial charge is 0.338 e. The molecule has 0 aromatic heterocycles. The molecule has 2 aliphatic heterocycles. The summed E-state index contributed by atoms with van der Waals surface area (Å²) in [6.45, 7) is 4.17. The average Bonchev–Trinajstić information content (AvgIpc) is 3.16. The zero-order valence-electron chi connectivity index (χ0n) is 18.3. The van der Waals surface area contributed by atoms with Crippen molar-refractivity contribution >= 4 is 40.5 Å². The molecule has 0 bridgehead atoms. The Hall–Kier alpha value is -2.94. The van der Waals surface area contributed by atoms with Gasteiger partial charge in [0.05, 0.1) is 29.6 Å². The third-order valence-corrected chi connectivity index (χ3v) is 5.74. The number of alkyl halides is 2. The lowest BCUT2D eigenvalue weighted by atomic mass is 10.1. The zero-order chi connectivity index (χ0) is 23.7. The number of halogens is 4. The van der Waals surface area contributed by atoms with Crippen LogP contribution < -0.4 is 15.5 Å². The van der Waals surface area contributed by atoms with Crippen LogP contribution in [0.3, 0.4) is 0 Å². The van der Waals surface area contributed by atoms with Crippen LogP contribution in [0.1, 0.15) is 25.8 Å². The third-order valence-electron chi connectivity index (χ3n) is 5.50. The number of benzene rings is 2. The highest BCUT2D eigenvalue weighted by molar-refractivity contribution is 6.31. The monoisotopic (exact) mass is 479 g/mol. The molecule has 2 amide bonds. The Balaban J connectivity index is 1.74. The number of hydrogen-bond acceptors (Lipinski definition) is 3. The van der Waals surface area contributed by atoms with E-state index in [9.17, 15) is 18.0 Å². The van der Waals surface area contributed by atoms with Gasteiger partial charge in [0.25, 0.3) is 6.43 Å². The SMILES string of the molecule is CC(C)NC(=O)N1CC[C@@H](N=C2Nc3cc(F)ccc3N(CC(F)F)c3ccc(Cl)cc32)C1. The fraction of sp³-hybridized carbons (Fsp3) is 0.391. The van der Waals surface area contributed by atoms with E-state index in [4.69, 9.17) is 16.6 Å². The molecule has 6 nitrogen and oxygen atoms in total. The molecular formula is C23H25ClF3N5O. The van der Waals surface area contributed by atoms with E-state index in [0.29, 0.717) is 53.0 Å². The summed E-state index contributed by atoms with van der Waals surface area (Å²) in [5.74, 6) is -0.105. The van der Waals surface area contributed by atoms with E-state index >= 15 is 0 Å². The number of hydrogen-bond donors (Lipinski definition) is 2. The van der Waals surface area contributed by atoms with Gasteiger partial charge in [0.15, 0.2) is 0 Å². The first-order valence-electron chi connectivity index (χ1n) is 10.8. The second kappa shape index (κ2) is 9.51. The van der Waals surface area contributed by atoms with Crippen molar-refractivity contribution in [1.29, 1.82) is 0 Å². The molecule has 0 unspecified atom stereocenters. The zero-order valence-corrected chi connectivity index (χ0v) is 19.0. The van der Waals surface area contributed by atoms with Gasteiger partial charge < -0.3 is 20.4 Å². The predicted molar refractivity (Wildman–Crippen MR) is 125 cm³/mol. The number of anilines is 3. The summed E-state index contributed by atoms with van der Waals surface area (Å²) in [5.41, 5.74) is 1.76. The maximum absolute atomic E-state index is 14.1. The van der Waals surface area contributed by atoms with Gasteiger partial charge in [-0.15, -0.1) is 0 Å². The molecule has 2 aromatic rings. The van der Waals surface area contributed by atoms with E-state index in [1.165, 1.54) is 23.1 Å². The highest BCUT2D eigenvalue weighted by Crippen LogP contribution is 2.40. The highest BCUT2D eigenvalue weighted by Gasteiger charge is 2.30. The number of likely N-dealkylation sites (tertiary alicyclic amines) is 1. The topological polar surface area (TPSA) is 60.0 Å². The molecule has 2 aliphatic rings. The minimum absolute atomic E-state index is 0.0209. The fourth-order valence-electron chi connectivity index (χ4n) is 4.09. The summed E-state index contributed by atoms with van der Waals surface area (Å²) in [4.78, 5) is 20.3. The first-order valence-corrected chi connectivity index (χ1v) is 11.1. The van der Waals surface area contributed by atoms with Crippen LogP contribution in [-0.4, -0.2) is 54.9 Å². The molecule has 1 saturated heterocycles. The van der Waals surface area contributed by atoms with Crippen LogP contribution in [0.25, 0.3) is 0 Å². The third kappa shape index (κ3) is 5.19. The number of urea groups is 1. The molecule has 1 atom stereocenters. The number of amidine groups is 1. The van der Waals surface area contributed by atoms with Crippen molar-refractivity contribution in [1.82, 2.24) is 10.2 Å². The van der Waals surface area contributed by atoms with Crippen LogP contribution in [0.2, 0.25) is 5.02 Å². The van der Waals surface area contributed by atoms with Crippen LogP contribution in [0.15, 0.2) is 41.4 Å². The molecule has 4 rings (SSSR count). The molecule has 2 heterocycles. The lowest BCUT2D eigenvalue weighted by Crippen LogP contribution is -2.42. The van der Waals surface area contributed by atoms with Crippen molar-refractivity contribution in [3.8, 4) is 0 Å². The van der Waals surface area contributed by atoms with Crippen molar-refractivity contribution in [2.45, 2.75) is 38.8 Å². The van der Waals surface area contributed by atoms with Crippen molar-refractivity contribution in [3.63, 3.8) is 0 Å². The number of nitrogens with zero attached hydrogens (tertiary/aromatic N) is 3. The first kappa shape index (κ1) is 23.2. The molecule has 0 saturated carbocycles. The Morgan fingerprint density at radius 1 is 1.24 bits per heavy atom. The fourth-order valence-corrected chi connectivity index (χ4v) is 4.26.